The maximum absolute atomic E-state index is 9.49. The van der Waals surface area contributed by atoms with Crippen molar-refractivity contribution in [1.82, 2.24) is 15.2 Å². The van der Waals surface area contributed by atoms with E-state index in [2.05, 4.69) is 36.0 Å². The zero-order valence-corrected chi connectivity index (χ0v) is 18.6. The van der Waals surface area contributed by atoms with Gasteiger partial charge >= 0.3 is 0 Å². The standard InChI is InChI=1S/C24H37N3O3/c1-18(2)14-21(16-28)25-15-22-17-30-24(26-22)20-7-9-23(10-8-20)29-13-5-12-27-11-4-6-19(27)3/h7-10,17-19,21,25,28H,4-6,11-16H2,1-3H3/t19?,21-/m1/s1. The van der Waals surface area contributed by atoms with Crippen LogP contribution in [0.4, 0.5) is 0 Å². The second-order valence-corrected chi connectivity index (χ2v) is 8.79. The molecule has 1 aromatic carbocycles. The summed E-state index contributed by atoms with van der Waals surface area (Å²) in [6.45, 7) is 10.4. The molecule has 1 aliphatic heterocycles. The van der Waals surface area contributed by atoms with Gasteiger partial charge in [-0.1, -0.05) is 13.8 Å². The third kappa shape index (κ3) is 6.83. The van der Waals surface area contributed by atoms with Gasteiger partial charge in [0, 0.05) is 30.7 Å². The predicted molar refractivity (Wildman–Crippen MR) is 119 cm³/mol. The molecular weight excluding hydrogens is 378 g/mol. The number of aliphatic hydroxyl groups excluding tert-OH is 1. The third-order valence-corrected chi connectivity index (χ3v) is 5.75. The minimum Gasteiger partial charge on any atom is -0.494 e. The first-order valence-electron chi connectivity index (χ1n) is 11.3. The molecule has 6 nitrogen and oxygen atoms in total. The highest BCUT2D eigenvalue weighted by atomic mass is 16.5. The fourth-order valence-corrected chi connectivity index (χ4v) is 4.04. The zero-order valence-electron chi connectivity index (χ0n) is 18.6. The number of aliphatic hydroxyl groups is 1. The number of likely N-dealkylation sites (tertiary alicyclic amines) is 1. The van der Waals surface area contributed by atoms with Crippen LogP contribution in [-0.4, -0.2) is 53.4 Å². The van der Waals surface area contributed by atoms with Crippen LogP contribution in [0.25, 0.3) is 11.5 Å². The topological polar surface area (TPSA) is 70.8 Å². The van der Waals surface area contributed by atoms with Crippen LogP contribution in [0.3, 0.4) is 0 Å². The first kappa shape index (κ1) is 22.8. The van der Waals surface area contributed by atoms with Crippen molar-refractivity contribution in [2.45, 2.75) is 65.1 Å². The van der Waals surface area contributed by atoms with E-state index in [0.717, 1.165) is 49.0 Å². The summed E-state index contributed by atoms with van der Waals surface area (Å²) in [5.41, 5.74) is 1.77. The van der Waals surface area contributed by atoms with Crippen molar-refractivity contribution >= 4 is 0 Å². The van der Waals surface area contributed by atoms with Crippen LogP contribution >= 0.6 is 0 Å². The van der Waals surface area contributed by atoms with E-state index < -0.39 is 0 Å². The van der Waals surface area contributed by atoms with Crippen molar-refractivity contribution in [1.29, 1.82) is 0 Å². The average molecular weight is 416 g/mol. The highest BCUT2D eigenvalue weighted by molar-refractivity contribution is 5.54. The first-order chi connectivity index (χ1) is 14.5. The van der Waals surface area contributed by atoms with Gasteiger partial charge in [0.05, 0.1) is 18.9 Å². The quantitative estimate of drug-likeness (QED) is 0.509. The predicted octanol–water partition coefficient (Wildman–Crippen LogP) is 4.09. The monoisotopic (exact) mass is 415 g/mol. The summed E-state index contributed by atoms with van der Waals surface area (Å²) in [4.78, 5) is 7.11. The number of oxazole rings is 1. The third-order valence-electron chi connectivity index (χ3n) is 5.75. The van der Waals surface area contributed by atoms with E-state index in [0.29, 0.717) is 18.4 Å². The molecule has 3 rings (SSSR count). The van der Waals surface area contributed by atoms with Crippen molar-refractivity contribution in [2.24, 2.45) is 5.92 Å². The molecule has 1 aromatic heterocycles. The molecule has 166 valence electrons. The second-order valence-electron chi connectivity index (χ2n) is 8.79. The van der Waals surface area contributed by atoms with Gasteiger partial charge < -0.3 is 24.5 Å². The molecular formula is C24H37N3O3. The summed E-state index contributed by atoms with van der Waals surface area (Å²) < 4.78 is 11.5. The first-order valence-corrected chi connectivity index (χ1v) is 11.3. The van der Waals surface area contributed by atoms with E-state index in [1.807, 2.05) is 24.3 Å². The Bertz CT molecular complexity index is 744. The summed E-state index contributed by atoms with van der Waals surface area (Å²) in [5.74, 6) is 2.01. The number of aromatic nitrogens is 1. The molecule has 0 saturated carbocycles. The van der Waals surface area contributed by atoms with Gasteiger partial charge in [-0.3, -0.25) is 0 Å². The molecule has 2 atom stereocenters. The average Bonchev–Trinajstić information content (AvgIpc) is 3.38. The van der Waals surface area contributed by atoms with E-state index in [1.165, 1.54) is 19.4 Å². The number of hydrogen-bond donors (Lipinski definition) is 2. The van der Waals surface area contributed by atoms with Gasteiger partial charge in [0.25, 0.3) is 0 Å². The highest BCUT2D eigenvalue weighted by Gasteiger charge is 2.19. The molecule has 1 aliphatic rings. The van der Waals surface area contributed by atoms with Gasteiger partial charge in [0.15, 0.2) is 0 Å². The van der Waals surface area contributed by atoms with Crippen LogP contribution in [0.5, 0.6) is 5.75 Å². The fraction of sp³-hybridized carbons (Fsp3) is 0.625. The maximum Gasteiger partial charge on any atom is 0.226 e. The van der Waals surface area contributed by atoms with Gasteiger partial charge in [-0.05, 0) is 69.3 Å². The Morgan fingerprint density at radius 3 is 2.77 bits per heavy atom. The van der Waals surface area contributed by atoms with E-state index in [4.69, 9.17) is 9.15 Å². The summed E-state index contributed by atoms with van der Waals surface area (Å²) in [7, 11) is 0. The summed E-state index contributed by atoms with van der Waals surface area (Å²) in [6.07, 6.45) is 6.30. The van der Waals surface area contributed by atoms with Crippen molar-refractivity contribution in [2.75, 3.05) is 26.3 Å². The van der Waals surface area contributed by atoms with E-state index in [-0.39, 0.29) is 12.6 Å². The number of hydrogen-bond acceptors (Lipinski definition) is 6. The lowest BCUT2D eigenvalue weighted by Crippen LogP contribution is -2.33. The van der Waals surface area contributed by atoms with E-state index in [9.17, 15) is 5.11 Å². The zero-order chi connectivity index (χ0) is 21.3. The second kappa shape index (κ2) is 11.5. The van der Waals surface area contributed by atoms with Gasteiger partial charge in [0.2, 0.25) is 5.89 Å². The van der Waals surface area contributed by atoms with Crippen molar-refractivity contribution in [3.8, 4) is 17.2 Å². The molecule has 30 heavy (non-hydrogen) atoms. The lowest BCUT2D eigenvalue weighted by atomic mass is 10.0. The SMILES string of the molecule is CC(C)C[C@H](CO)NCc1coc(-c2ccc(OCCCN3CCCC3C)cc2)n1. The lowest BCUT2D eigenvalue weighted by Gasteiger charge is -2.20. The molecule has 1 unspecified atom stereocenters. The molecule has 0 aliphatic carbocycles. The summed E-state index contributed by atoms with van der Waals surface area (Å²) in [5, 5.41) is 12.8. The van der Waals surface area contributed by atoms with Gasteiger partial charge in [-0.25, -0.2) is 4.98 Å². The van der Waals surface area contributed by atoms with E-state index in [1.54, 1.807) is 6.26 Å². The van der Waals surface area contributed by atoms with Crippen LogP contribution < -0.4 is 10.1 Å². The van der Waals surface area contributed by atoms with Crippen molar-refractivity contribution in [3.63, 3.8) is 0 Å². The number of nitrogens with one attached hydrogen (secondary N) is 1. The van der Waals surface area contributed by atoms with Crippen LogP contribution in [0.1, 0.15) is 52.1 Å². The lowest BCUT2D eigenvalue weighted by molar-refractivity contribution is 0.223. The largest absolute Gasteiger partial charge is 0.494 e. The summed E-state index contributed by atoms with van der Waals surface area (Å²) in [6, 6.07) is 8.71. The normalized spacial score (nSPS) is 18.2. The molecule has 2 heterocycles. The molecule has 1 fully saturated rings. The molecule has 6 heteroatoms. The van der Waals surface area contributed by atoms with Crippen molar-refractivity contribution < 1.29 is 14.3 Å². The summed E-state index contributed by atoms with van der Waals surface area (Å²) >= 11 is 0. The molecule has 0 radical (unpaired) electrons. The van der Waals surface area contributed by atoms with Gasteiger partial charge in [-0.15, -0.1) is 0 Å². The Morgan fingerprint density at radius 2 is 2.10 bits per heavy atom. The number of rotatable bonds is 12. The Hall–Kier alpha value is -1.89. The molecule has 2 aromatic rings. The van der Waals surface area contributed by atoms with Crippen LogP contribution in [-0.2, 0) is 6.54 Å². The molecule has 0 spiro atoms. The minimum atomic E-state index is 0.0789. The number of ether oxygens (including phenoxy) is 1. The Morgan fingerprint density at radius 1 is 1.30 bits per heavy atom. The molecule has 0 bridgehead atoms. The van der Waals surface area contributed by atoms with Crippen LogP contribution in [0.15, 0.2) is 34.9 Å². The van der Waals surface area contributed by atoms with Gasteiger partial charge in [0.1, 0.15) is 12.0 Å². The van der Waals surface area contributed by atoms with Crippen LogP contribution in [0.2, 0.25) is 0 Å². The fourth-order valence-electron chi connectivity index (χ4n) is 4.04. The molecule has 2 N–H and O–H groups in total. The number of nitrogens with zero attached hydrogens (tertiary/aromatic N) is 2. The Labute approximate surface area is 180 Å². The molecule has 0 amide bonds. The Balaban J connectivity index is 1.43. The number of benzene rings is 1. The van der Waals surface area contributed by atoms with Crippen LogP contribution in [0, 0.1) is 5.92 Å². The highest BCUT2D eigenvalue weighted by Crippen LogP contribution is 2.22. The smallest absolute Gasteiger partial charge is 0.226 e. The van der Waals surface area contributed by atoms with Gasteiger partial charge in [-0.2, -0.15) is 0 Å². The minimum absolute atomic E-state index is 0.0789. The Kier molecular flexibility index (Phi) is 8.73. The van der Waals surface area contributed by atoms with Crippen molar-refractivity contribution in [3.05, 3.63) is 36.2 Å². The maximum atomic E-state index is 9.49. The molecule has 1 saturated heterocycles. The van der Waals surface area contributed by atoms with E-state index >= 15 is 0 Å².